The summed E-state index contributed by atoms with van der Waals surface area (Å²) in [5.41, 5.74) is 0.521. The standard InChI is InChI=1S/C10H21N/c1-8(2)9-5-10(3,4)7-11-6-9/h8-9,11H,5-7H2,1-4H3/t9-/m1/s1. The molecular formula is C10H21N. The van der Waals surface area contributed by atoms with Crippen LogP contribution in [0.5, 0.6) is 0 Å². The largest absolute Gasteiger partial charge is 0.316 e. The molecule has 0 spiro atoms. The van der Waals surface area contributed by atoms with Crippen molar-refractivity contribution in [3.63, 3.8) is 0 Å². The Balaban J connectivity index is 2.46. The van der Waals surface area contributed by atoms with Gasteiger partial charge < -0.3 is 5.32 Å². The zero-order valence-electron chi connectivity index (χ0n) is 8.28. The lowest BCUT2D eigenvalue weighted by Crippen LogP contribution is -2.42. The van der Waals surface area contributed by atoms with Gasteiger partial charge >= 0.3 is 0 Å². The molecule has 1 fully saturated rings. The molecule has 1 heterocycles. The van der Waals surface area contributed by atoms with Crippen LogP contribution in [-0.4, -0.2) is 13.1 Å². The molecular weight excluding hydrogens is 134 g/mol. The molecule has 1 heteroatoms. The molecule has 1 saturated heterocycles. The van der Waals surface area contributed by atoms with Crippen LogP contribution < -0.4 is 5.32 Å². The first-order valence-corrected chi connectivity index (χ1v) is 4.72. The van der Waals surface area contributed by atoms with Crippen LogP contribution in [0.2, 0.25) is 0 Å². The van der Waals surface area contributed by atoms with Gasteiger partial charge in [-0.1, -0.05) is 27.7 Å². The highest BCUT2D eigenvalue weighted by Crippen LogP contribution is 2.31. The van der Waals surface area contributed by atoms with Crippen molar-refractivity contribution >= 4 is 0 Å². The Morgan fingerprint density at radius 3 is 2.36 bits per heavy atom. The molecule has 1 atom stereocenters. The highest BCUT2D eigenvalue weighted by molar-refractivity contribution is 4.83. The van der Waals surface area contributed by atoms with Gasteiger partial charge in [-0.05, 0) is 30.2 Å². The molecule has 0 aromatic rings. The molecule has 1 N–H and O–H groups in total. The van der Waals surface area contributed by atoms with Crippen LogP contribution in [0.15, 0.2) is 0 Å². The molecule has 0 radical (unpaired) electrons. The Morgan fingerprint density at radius 1 is 1.36 bits per heavy atom. The second kappa shape index (κ2) is 3.14. The monoisotopic (exact) mass is 155 g/mol. The number of hydrogen-bond acceptors (Lipinski definition) is 1. The van der Waals surface area contributed by atoms with Crippen LogP contribution in [0.3, 0.4) is 0 Å². The van der Waals surface area contributed by atoms with E-state index in [1.54, 1.807) is 0 Å². The summed E-state index contributed by atoms with van der Waals surface area (Å²) in [5.74, 6) is 1.72. The fourth-order valence-electron chi connectivity index (χ4n) is 1.92. The van der Waals surface area contributed by atoms with E-state index in [0.717, 1.165) is 11.8 Å². The maximum Gasteiger partial charge on any atom is 0.000275 e. The van der Waals surface area contributed by atoms with Crippen molar-refractivity contribution in [3.05, 3.63) is 0 Å². The Kier molecular flexibility index (Phi) is 2.58. The van der Waals surface area contributed by atoms with Crippen LogP contribution in [0, 0.1) is 17.3 Å². The number of hydrogen-bond donors (Lipinski definition) is 1. The van der Waals surface area contributed by atoms with E-state index in [9.17, 15) is 0 Å². The lowest BCUT2D eigenvalue weighted by atomic mass is 9.75. The highest BCUT2D eigenvalue weighted by Gasteiger charge is 2.28. The molecule has 1 aliphatic heterocycles. The average Bonchev–Trinajstić information content (AvgIpc) is 1.85. The summed E-state index contributed by atoms with van der Waals surface area (Å²) in [6.45, 7) is 11.8. The Morgan fingerprint density at radius 2 is 2.00 bits per heavy atom. The Hall–Kier alpha value is -0.0400. The first-order valence-electron chi connectivity index (χ1n) is 4.72. The topological polar surface area (TPSA) is 12.0 Å². The van der Waals surface area contributed by atoms with Gasteiger partial charge in [0.1, 0.15) is 0 Å². The van der Waals surface area contributed by atoms with Gasteiger partial charge in [-0.3, -0.25) is 0 Å². The molecule has 1 rings (SSSR count). The smallest absolute Gasteiger partial charge is 0.000275 e. The van der Waals surface area contributed by atoms with Crippen molar-refractivity contribution in [1.29, 1.82) is 0 Å². The molecule has 0 unspecified atom stereocenters. The van der Waals surface area contributed by atoms with Gasteiger partial charge in [0, 0.05) is 6.54 Å². The predicted octanol–water partition coefficient (Wildman–Crippen LogP) is 2.28. The van der Waals surface area contributed by atoms with E-state index >= 15 is 0 Å². The van der Waals surface area contributed by atoms with Crippen LogP contribution in [0.4, 0.5) is 0 Å². The zero-order valence-corrected chi connectivity index (χ0v) is 8.28. The minimum absolute atomic E-state index is 0.521. The molecule has 66 valence electrons. The molecule has 1 aliphatic rings. The van der Waals surface area contributed by atoms with Gasteiger partial charge in [-0.25, -0.2) is 0 Å². The summed E-state index contributed by atoms with van der Waals surface area (Å²) in [6.07, 6.45) is 1.39. The second-order valence-corrected chi connectivity index (χ2v) is 5.00. The van der Waals surface area contributed by atoms with Crippen molar-refractivity contribution in [1.82, 2.24) is 5.32 Å². The van der Waals surface area contributed by atoms with E-state index in [2.05, 4.69) is 33.0 Å². The van der Waals surface area contributed by atoms with Crippen LogP contribution in [-0.2, 0) is 0 Å². The van der Waals surface area contributed by atoms with E-state index in [-0.39, 0.29) is 0 Å². The molecule has 0 bridgehead atoms. The minimum Gasteiger partial charge on any atom is -0.316 e. The number of rotatable bonds is 1. The molecule has 0 aliphatic carbocycles. The molecule has 11 heavy (non-hydrogen) atoms. The van der Waals surface area contributed by atoms with Crippen molar-refractivity contribution in [2.24, 2.45) is 17.3 Å². The summed E-state index contributed by atoms with van der Waals surface area (Å²) >= 11 is 0. The molecule has 0 aromatic heterocycles. The summed E-state index contributed by atoms with van der Waals surface area (Å²) in [5, 5.41) is 3.51. The van der Waals surface area contributed by atoms with Crippen molar-refractivity contribution < 1.29 is 0 Å². The summed E-state index contributed by atoms with van der Waals surface area (Å²) in [7, 11) is 0. The summed E-state index contributed by atoms with van der Waals surface area (Å²) in [4.78, 5) is 0. The van der Waals surface area contributed by atoms with Gasteiger partial charge in [0.2, 0.25) is 0 Å². The first kappa shape index (κ1) is 9.05. The van der Waals surface area contributed by atoms with Crippen LogP contribution in [0.1, 0.15) is 34.1 Å². The maximum atomic E-state index is 3.51. The van der Waals surface area contributed by atoms with Crippen LogP contribution in [0.25, 0.3) is 0 Å². The van der Waals surface area contributed by atoms with E-state index < -0.39 is 0 Å². The van der Waals surface area contributed by atoms with Crippen molar-refractivity contribution in [2.45, 2.75) is 34.1 Å². The van der Waals surface area contributed by atoms with Gasteiger partial charge in [0.25, 0.3) is 0 Å². The third-order valence-electron chi connectivity index (χ3n) is 2.77. The van der Waals surface area contributed by atoms with Crippen LogP contribution >= 0.6 is 0 Å². The van der Waals surface area contributed by atoms with Gasteiger partial charge in [-0.2, -0.15) is 0 Å². The SMILES string of the molecule is CC(C)[C@H]1CNCC(C)(C)C1. The van der Waals surface area contributed by atoms with Crippen molar-refractivity contribution in [3.8, 4) is 0 Å². The number of nitrogens with one attached hydrogen (secondary N) is 1. The second-order valence-electron chi connectivity index (χ2n) is 5.00. The first-order chi connectivity index (χ1) is 5.01. The lowest BCUT2D eigenvalue weighted by Gasteiger charge is -2.37. The quantitative estimate of drug-likeness (QED) is 0.612. The Labute approximate surface area is 70.6 Å². The van der Waals surface area contributed by atoms with E-state index in [1.807, 2.05) is 0 Å². The van der Waals surface area contributed by atoms with E-state index in [4.69, 9.17) is 0 Å². The van der Waals surface area contributed by atoms with E-state index in [0.29, 0.717) is 5.41 Å². The molecule has 0 amide bonds. The minimum atomic E-state index is 0.521. The van der Waals surface area contributed by atoms with Gasteiger partial charge in [-0.15, -0.1) is 0 Å². The summed E-state index contributed by atoms with van der Waals surface area (Å²) < 4.78 is 0. The third kappa shape index (κ3) is 2.48. The number of piperidine rings is 1. The fourth-order valence-corrected chi connectivity index (χ4v) is 1.92. The summed E-state index contributed by atoms with van der Waals surface area (Å²) in [6, 6.07) is 0. The zero-order chi connectivity index (χ0) is 8.48. The normalized spacial score (nSPS) is 30.8. The fraction of sp³-hybridized carbons (Fsp3) is 1.00. The van der Waals surface area contributed by atoms with Gasteiger partial charge in [0.05, 0.1) is 0 Å². The Bertz CT molecular complexity index is 127. The molecule has 1 nitrogen and oxygen atoms in total. The average molecular weight is 155 g/mol. The van der Waals surface area contributed by atoms with Gasteiger partial charge in [0.15, 0.2) is 0 Å². The van der Waals surface area contributed by atoms with E-state index in [1.165, 1.54) is 19.5 Å². The third-order valence-corrected chi connectivity index (χ3v) is 2.77. The highest BCUT2D eigenvalue weighted by atomic mass is 14.9. The molecule has 0 saturated carbocycles. The predicted molar refractivity (Wildman–Crippen MR) is 49.6 cm³/mol. The lowest BCUT2D eigenvalue weighted by molar-refractivity contribution is 0.165. The maximum absolute atomic E-state index is 3.51. The molecule has 0 aromatic carbocycles. The van der Waals surface area contributed by atoms with Crippen molar-refractivity contribution in [2.75, 3.05) is 13.1 Å².